The van der Waals surface area contributed by atoms with Crippen molar-refractivity contribution in [3.63, 3.8) is 0 Å². The summed E-state index contributed by atoms with van der Waals surface area (Å²) in [5.41, 5.74) is 0. The highest BCUT2D eigenvalue weighted by Gasteiger charge is 2.24. The Labute approximate surface area is 141 Å². The maximum absolute atomic E-state index is 12.2. The molecule has 0 saturated heterocycles. The second-order valence-corrected chi connectivity index (χ2v) is 6.43. The summed E-state index contributed by atoms with van der Waals surface area (Å²) in [5, 5.41) is 23.0. The Balaban J connectivity index is 1.87. The van der Waals surface area contributed by atoms with Crippen molar-refractivity contribution in [2.24, 2.45) is 5.92 Å². The number of imidazole rings is 1. The van der Waals surface area contributed by atoms with E-state index < -0.39 is 4.92 Å². The Kier molecular flexibility index (Phi) is 6.72. The summed E-state index contributed by atoms with van der Waals surface area (Å²) < 4.78 is 1.62. The van der Waals surface area contributed by atoms with Crippen LogP contribution in [0.25, 0.3) is 0 Å². The molecule has 1 aromatic heterocycles. The number of aliphatic hydroxyl groups excluding tert-OH is 1. The quantitative estimate of drug-likeness (QED) is 0.556. The molecule has 0 spiro atoms. The SMILES string of the molecule is Cc1nc([N+](=O)[O-])cn1CCC(=O)NC(CCO)C1CCCCC1. The summed E-state index contributed by atoms with van der Waals surface area (Å²) in [6.07, 6.45) is 7.97. The van der Waals surface area contributed by atoms with Gasteiger partial charge in [-0.2, -0.15) is 0 Å². The maximum atomic E-state index is 12.2. The molecule has 8 nitrogen and oxygen atoms in total. The van der Waals surface area contributed by atoms with E-state index in [1.165, 1.54) is 25.5 Å². The molecule has 1 aliphatic rings. The molecule has 1 heterocycles. The first kappa shape index (κ1) is 18.4. The number of amides is 1. The van der Waals surface area contributed by atoms with E-state index in [1.54, 1.807) is 11.5 Å². The average molecular weight is 338 g/mol. The minimum Gasteiger partial charge on any atom is -0.396 e. The Morgan fingerprint density at radius 1 is 1.50 bits per heavy atom. The van der Waals surface area contributed by atoms with Crippen molar-refractivity contribution >= 4 is 11.7 Å². The highest BCUT2D eigenvalue weighted by Crippen LogP contribution is 2.27. The van der Waals surface area contributed by atoms with Crippen LogP contribution >= 0.6 is 0 Å². The average Bonchev–Trinajstić information content (AvgIpc) is 2.95. The van der Waals surface area contributed by atoms with Gasteiger partial charge in [-0.25, -0.2) is 0 Å². The third kappa shape index (κ3) is 5.02. The zero-order valence-corrected chi connectivity index (χ0v) is 14.1. The lowest BCUT2D eigenvalue weighted by atomic mass is 9.82. The van der Waals surface area contributed by atoms with Crippen molar-refractivity contribution in [2.75, 3.05) is 6.61 Å². The predicted octanol–water partition coefficient (Wildman–Crippen LogP) is 1.94. The number of aryl methyl sites for hydroxylation is 2. The first-order valence-corrected chi connectivity index (χ1v) is 8.59. The third-order valence-electron chi connectivity index (χ3n) is 4.74. The van der Waals surface area contributed by atoms with Crippen LogP contribution in [-0.4, -0.2) is 38.1 Å². The summed E-state index contributed by atoms with van der Waals surface area (Å²) in [7, 11) is 0. The van der Waals surface area contributed by atoms with Crippen molar-refractivity contribution in [1.82, 2.24) is 14.9 Å². The molecular formula is C16H26N4O4. The van der Waals surface area contributed by atoms with E-state index >= 15 is 0 Å². The summed E-state index contributed by atoms with van der Waals surface area (Å²) in [6.45, 7) is 2.10. The molecule has 0 radical (unpaired) electrons. The molecule has 1 unspecified atom stereocenters. The maximum Gasteiger partial charge on any atom is 0.381 e. The number of aromatic nitrogens is 2. The van der Waals surface area contributed by atoms with E-state index in [1.807, 2.05) is 0 Å². The monoisotopic (exact) mass is 338 g/mol. The fourth-order valence-corrected chi connectivity index (χ4v) is 3.41. The molecule has 24 heavy (non-hydrogen) atoms. The Bertz CT molecular complexity index is 566. The number of nitrogens with one attached hydrogen (secondary N) is 1. The lowest BCUT2D eigenvalue weighted by Gasteiger charge is -2.30. The number of hydrogen-bond acceptors (Lipinski definition) is 5. The molecule has 134 valence electrons. The van der Waals surface area contributed by atoms with E-state index in [0.29, 0.717) is 24.7 Å². The minimum absolute atomic E-state index is 0.0148. The van der Waals surface area contributed by atoms with Crippen molar-refractivity contribution in [3.8, 4) is 0 Å². The van der Waals surface area contributed by atoms with Gasteiger partial charge < -0.3 is 25.1 Å². The van der Waals surface area contributed by atoms with Crippen molar-refractivity contribution < 1.29 is 14.8 Å². The van der Waals surface area contributed by atoms with Crippen LogP contribution in [0.1, 0.15) is 50.8 Å². The number of rotatable bonds is 8. The smallest absolute Gasteiger partial charge is 0.381 e. The van der Waals surface area contributed by atoms with Gasteiger partial charge >= 0.3 is 5.82 Å². The molecule has 2 rings (SSSR count). The number of carbonyl (C=O) groups is 1. The molecule has 1 amide bonds. The number of carbonyl (C=O) groups excluding carboxylic acids is 1. The lowest BCUT2D eigenvalue weighted by Crippen LogP contribution is -2.42. The largest absolute Gasteiger partial charge is 0.396 e. The number of nitro groups is 1. The molecular weight excluding hydrogens is 312 g/mol. The van der Waals surface area contributed by atoms with E-state index in [4.69, 9.17) is 0 Å². The molecule has 1 aliphatic carbocycles. The number of hydrogen-bond donors (Lipinski definition) is 2. The summed E-state index contributed by atoms with van der Waals surface area (Å²) in [5.74, 6) is 0.669. The predicted molar refractivity (Wildman–Crippen MR) is 88.4 cm³/mol. The van der Waals surface area contributed by atoms with E-state index in [0.717, 1.165) is 12.8 Å². The van der Waals surface area contributed by atoms with Crippen molar-refractivity contribution in [1.29, 1.82) is 0 Å². The van der Waals surface area contributed by atoms with Gasteiger partial charge in [0.2, 0.25) is 11.7 Å². The summed E-state index contributed by atoms with van der Waals surface area (Å²) >= 11 is 0. The van der Waals surface area contributed by atoms with Crippen LogP contribution in [0.3, 0.4) is 0 Å². The zero-order valence-electron chi connectivity index (χ0n) is 14.1. The highest BCUT2D eigenvalue weighted by atomic mass is 16.6. The van der Waals surface area contributed by atoms with Crippen molar-refractivity contribution in [3.05, 3.63) is 22.1 Å². The van der Waals surface area contributed by atoms with Crippen molar-refractivity contribution in [2.45, 2.75) is 64.5 Å². The van der Waals surface area contributed by atoms with Gasteiger partial charge in [0.1, 0.15) is 6.20 Å². The molecule has 0 aliphatic heterocycles. The second-order valence-electron chi connectivity index (χ2n) is 6.43. The van der Waals surface area contributed by atoms with Crippen LogP contribution in [0.2, 0.25) is 0 Å². The summed E-state index contributed by atoms with van der Waals surface area (Å²) in [6, 6.07) is 0.0148. The van der Waals surface area contributed by atoms with Gasteiger partial charge in [0, 0.05) is 32.5 Å². The molecule has 0 bridgehead atoms. The third-order valence-corrected chi connectivity index (χ3v) is 4.74. The zero-order chi connectivity index (χ0) is 17.5. The van der Waals surface area contributed by atoms with Crippen LogP contribution in [0.15, 0.2) is 6.20 Å². The van der Waals surface area contributed by atoms with Gasteiger partial charge in [-0.1, -0.05) is 19.3 Å². The topological polar surface area (TPSA) is 110 Å². The van der Waals surface area contributed by atoms with Crippen LogP contribution in [0.5, 0.6) is 0 Å². The van der Waals surface area contributed by atoms with E-state index in [-0.39, 0.29) is 30.8 Å². The molecule has 2 N–H and O–H groups in total. The first-order chi connectivity index (χ1) is 11.5. The van der Waals surface area contributed by atoms with Gasteiger partial charge in [0.15, 0.2) is 0 Å². The fraction of sp³-hybridized carbons (Fsp3) is 0.750. The number of aliphatic hydroxyl groups is 1. The Morgan fingerprint density at radius 2 is 2.21 bits per heavy atom. The van der Waals surface area contributed by atoms with Crippen LogP contribution in [0.4, 0.5) is 5.82 Å². The van der Waals surface area contributed by atoms with Crippen LogP contribution in [-0.2, 0) is 11.3 Å². The van der Waals surface area contributed by atoms with Gasteiger partial charge in [-0.15, -0.1) is 0 Å². The van der Waals surface area contributed by atoms with Gasteiger partial charge in [-0.3, -0.25) is 4.79 Å². The highest BCUT2D eigenvalue weighted by molar-refractivity contribution is 5.76. The normalized spacial score (nSPS) is 16.8. The molecule has 1 fully saturated rings. The van der Waals surface area contributed by atoms with Gasteiger partial charge in [-0.05, 0) is 35.1 Å². The first-order valence-electron chi connectivity index (χ1n) is 8.59. The van der Waals surface area contributed by atoms with Gasteiger partial charge in [0.25, 0.3) is 0 Å². The molecule has 1 atom stereocenters. The molecule has 0 aromatic carbocycles. The second kappa shape index (κ2) is 8.77. The molecule has 1 aromatic rings. The van der Waals surface area contributed by atoms with Gasteiger partial charge in [0.05, 0.1) is 0 Å². The minimum atomic E-state index is -0.538. The summed E-state index contributed by atoms with van der Waals surface area (Å²) in [4.78, 5) is 26.3. The molecule has 8 heteroatoms. The van der Waals surface area contributed by atoms with Crippen LogP contribution < -0.4 is 5.32 Å². The standard InChI is InChI=1S/C16H26N4O4/c1-12-17-15(20(23)24)11-19(12)9-7-16(22)18-14(8-10-21)13-5-3-2-4-6-13/h11,13-14,21H,2-10H2,1H3,(H,18,22). The van der Waals surface area contributed by atoms with E-state index in [9.17, 15) is 20.0 Å². The van der Waals surface area contributed by atoms with E-state index in [2.05, 4.69) is 10.3 Å². The lowest BCUT2D eigenvalue weighted by molar-refractivity contribution is -0.389. The number of nitrogens with zero attached hydrogens (tertiary/aromatic N) is 3. The van der Waals surface area contributed by atoms with Crippen LogP contribution in [0, 0.1) is 23.0 Å². The Morgan fingerprint density at radius 3 is 2.79 bits per heavy atom. The Hall–Kier alpha value is -1.96. The molecule has 1 saturated carbocycles. The fourth-order valence-electron chi connectivity index (χ4n) is 3.41.